The van der Waals surface area contributed by atoms with Gasteiger partial charge in [0.15, 0.2) is 11.4 Å². The van der Waals surface area contributed by atoms with E-state index in [0.717, 1.165) is 12.1 Å². The molecule has 4 aromatic rings. The molecule has 0 atom stereocenters. The Bertz CT molecular complexity index is 1690. The Kier molecular flexibility index (Phi) is 5.71. The zero-order valence-electron chi connectivity index (χ0n) is 19.8. The van der Waals surface area contributed by atoms with Gasteiger partial charge in [0.1, 0.15) is 27.9 Å². The van der Waals surface area contributed by atoms with Crippen molar-refractivity contribution in [2.75, 3.05) is 17.1 Å². The van der Waals surface area contributed by atoms with Crippen LogP contribution >= 0.6 is 0 Å². The van der Waals surface area contributed by atoms with E-state index in [-0.39, 0.29) is 17.5 Å². The van der Waals surface area contributed by atoms with E-state index < -0.39 is 32.2 Å². The Morgan fingerprint density at radius 1 is 1.03 bits per heavy atom. The maximum atomic E-state index is 14.2. The highest BCUT2D eigenvalue weighted by atomic mass is 32.2. The van der Waals surface area contributed by atoms with Crippen molar-refractivity contribution >= 4 is 38.2 Å². The number of carbonyl (C=O) groups excluding carboxylic acids is 1. The van der Waals surface area contributed by atoms with Gasteiger partial charge in [0.2, 0.25) is 5.88 Å². The molecule has 1 aliphatic rings. The smallest absolute Gasteiger partial charge is 0.268 e. The molecule has 2 aromatic carbocycles. The number of aromatic nitrogens is 2. The maximum Gasteiger partial charge on any atom is 0.268 e. The van der Waals surface area contributed by atoms with Gasteiger partial charge in [-0.05, 0) is 49.7 Å². The lowest BCUT2D eigenvalue weighted by molar-refractivity contribution is -0.129. The van der Waals surface area contributed by atoms with E-state index in [0.29, 0.717) is 39.5 Å². The first kappa shape index (κ1) is 24.4. The quantitative estimate of drug-likeness (QED) is 0.393. The molecule has 0 saturated carbocycles. The molecular formula is C25H20F2N4O5S. The zero-order chi connectivity index (χ0) is 26.5. The normalized spacial score (nSPS) is 14.5. The third-order valence-corrected chi connectivity index (χ3v) is 7.18. The Morgan fingerprint density at radius 3 is 2.54 bits per heavy atom. The number of amides is 1. The molecule has 2 aromatic heterocycles. The first-order chi connectivity index (χ1) is 17.5. The van der Waals surface area contributed by atoms with Crippen molar-refractivity contribution in [2.24, 2.45) is 0 Å². The summed E-state index contributed by atoms with van der Waals surface area (Å²) in [6.45, 7) is 3.30. The summed E-state index contributed by atoms with van der Waals surface area (Å²) in [6, 6.07) is 8.92. The van der Waals surface area contributed by atoms with Crippen molar-refractivity contribution in [3.8, 4) is 22.8 Å². The monoisotopic (exact) mass is 526 g/mol. The molecule has 9 nitrogen and oxygen atoms in total. The lowest BCUT2D eigenvalue weighted by Crippen LogP contribution is -2.45. The highest BCUT2D eigenvalue weighted by Gasteiger charge is 2.36. The van der Waals surface area contributed by atoms with Crippen molar-refractivity contribution in [3.05, 3.63) is 66.5 Å². The molecule has 1 aliphatic heterocycles. The molecule has 12 heteroatoms. The summed E-state index contributed by atoms with van der Waals surface area (Å²) in [5.41, 5.74) is 1.02. The number of carbonyl (C=O) groups is 1. The van der Waals surface area contributed by atoms with Crippen molar-refractivity contribution in [1.82, 2.24) is 9.97 Å². The van der Waals surface area contributed by atoms with Gasteiger partial charge in [-0.15, -0.1) is 0 Å². The average Bonchev–Trinajstić information content (AvgIpc) is 2.84. The molecule has 190 valence electrons. The van der Waals surface area contributed by atoms with Gasteiger partial charge in [-0.3, -0.25) is 14.5 Å². The van der Waals surface area contributed by atoms with E-state index in [1.54, 1.807) is 32.0 Å². The highest BCUT2D eigenvalue weighted by Crippen LogP contribution is 2.40. The van der Waals surface area contributed by atoms with Gasteiger partial charge in [0, 0.05) is 23.2 Å². The van der Waals surface area contributed by atoms with Gasteiger partial charge in [0.05, 0.1) is 18.8 Å². The number of sulfonamides is 1. The van der Waals surface area contributed by atoms with Crippen molar-refractivity contribution < 1.29 is 31.5 Å². The summed E-state index contributed by atoms with van der Waals surface area (Å²) >= 11 is 0. The number of pyridine rings is 2. The third kappa shape index (κ3) is 4.40. The number of ether oxygens (including phenoxy) is 2. The number of fused-ring (bicyclic) bond motifs is 3. The highest BCUT2D eigenvalue weighted by molar-refractivity contribution is 7.92. The van der Waals surface area contributed by atoms with E-state index in [1.807, 2.05) is 0 Å². The number of anilines is 2. The predicted octanol–water partition coefficient (Wildman–Crippen LogP) is 4.49. The van der Waals surface area contributed by atoms with Gasteiger partial charge < -0.3 is 14.8 Å². The fourth-order valence-electron chi connectivity index (χ4n) is 3.86. The average molecular weight is 527 g/mol. The minimum absolute atomic E-state index is 0.0533. The van der Waals surface area contributed by atoms with Crippen molar-refractivity contribution in [1.29, 1.82) is 0 Å². The molecule has 0 aliphatic carbocycles. The van der Waals surface area contributed by atoms with Gasteiger partial charge in [-0.2, -0.15) is 0 Å². The summed E-state index contributed by atoms with van der Waals surface area (Å²) in [7, 11) is -3.13. The lowest BCUT2D eigenvalue weighted by atomic mass is 10.0. The molecule has 0 unspecified atom stereocenters. The van der Waals surface area contributed by atoms with Crippen molar-refractivity contribution in [3.63, 3.8) is 0 Å². The molecule has 0 fully saturated rings. The molecule has 2 N–H and O–H groups in total. The number of nitrogens with zero attached hydrogens (tertiary/aromatic N) is 2. The van der Waals surface area contributed by atoms with Crippen molar-refractivity contribution in [2.45, 2.75) is 24.3 Å². The molecule has 37 heavy (non-hydrogen) atoms. The number of nitrogens with one attached hydrogen (secondary N) is 2. The summed E-state index contributed by atoms with van der Waals surface area (Å²) < 4.78 is 66.6. The fraction of sp³-hybridized carbons (Fsp3) is 0.160. The zero-order valence-corrected chi connectivity index (χ0v) is 20.6. The first-order valence-electron chi connectivity index (χ1n) is 10.9. The van der Waals surface area contributed by atoms with E-state index in [1.165, 1.54) is 25.6 Å². The summed E-state index contributed by atoms with van der Waals surface area (Å²) in [5, 5.41) is 3.41. The number of hydrogen-bond acceptors (Lipinski definition) is 7. The van der Waals surface area contributed by atoms with Crippen LogP contribution in [0.3, 0.4) is 0 Å². The van der Waals surface area contributed by atoms with Gasteiger partial charge in [-0.1, -0.05) is 6.07 Å². The second-order valence-corrected chi connectivity index (χ2v) is 10.4. The molecule has 5 rings (SSSR count). The van der Waals surface area contributed by atoms with Crippen LogP contribution in [0.2, 0.25) is 0 Å². The van der Waals surface area contributed by atoms with Crippen LogP contribution in [0, 0.1) is 11.6 Å². The molecule has 0 saturated heterocycles. The first-order valence-corrected chi connectivity index (χ1v) is 12.4. The summed E-state index contributed by atoms with van der Waals surface area (Å²) in [5.74, 6) is -2.05. The van der Waals surface area contributed by atoms with Crippen LogP contribution in [-0.4, -0.2) is 37.0 Å². The molecule has 0 spiro atoms. The van der Waals surface area contributed by atoms with E-state index in [4.69, 9.17) is 9.47 Å². The van der Waals surface area contributed by atoms with E-state index in [2.05, 4.69) is 20.0 Å². The molecule has 3 heterocycles. The minimum atomic E-state index is -4.44. The van der Waals surface area contributed by atoms with Crippen LogP contribution in [-0.2, 0) is 14.8 Å². The number of benzene rings is 2. The summed E-state index contributed by atoms with van der Waals surface area (Å²) in [6.07, 6.45) is 2.99. The Balaban J connectivity index is 1.58. The largest absolute Gasteiger partial charge is 0.480 e. The number of rotatable bonds is 5. The number of hydrogen-bond donors (Lipinski definition) is 2. The van der Waals surface area contributed by atoms with Gasteiger partial charge >= 0.3 is 0 Å². The van der Waals surface area contributed by atoms with E-state index >= 15 is 0 Å². The topological polar surface area (TPSA) is 120 Å². The minimum Gasteiger partial charge on any atom is -0.480 e. The van der Waals surface area contributed by atoms with Crippen LogP contribution in [0.15, 0.2) is 59.8 Å². The Hall–Kier alpha value is -4.32. The van der Waals surface area contributed by atoms with Crippen LogP contribution in [0.4, 0.5) is 20.2 Å². The number of methoxy groups -OCH3 is 1. The second-order valence-electron chi connectivity index (χ2n) is 8.76. The van der Waals surface area contributed by atoms with Crippen LogP contribution in [0.1, 0.15) is 13.8 Å². The van der Waals surface area contributed by atoms with Crippen LogP contribution in [0.25, 0.3) is 22.0 Å². The van der Waals surface area contributed by atoms with Gasteiger partial charge in [0.25, 0.3) is 15.9 Å². The third-order valence-electron chi connectivity index (χ3n) is 5.78. The molecule has 0 bridgehead atoms. The lowest BCUT2D eigenvalue weighted by Gasteiger charge is -2.32. The predicted molar refractivity (Wildman–Crippen MR) is 132 cm³/mol. The SMILES string of the molecule is COc1ncc(-c2ccc3ncc4c(c3c2)OC(C)(C)C(=O)N4)cc1NS(=O)(=O)c1ccc(F)cc1F. The fourth-order valence-corrected chi connectivity index (χ4v) is 4.97. The standard InChI is InChI=1S/C25H20F2N4O5S/c1-25(2)24(32)30-20-12-28-18-6-4-13(8-16(18)22(20)36-25)14-9-19(23(35-3)29-11-14)31-37(33,34)21-7-5-15(26)10-17(21)27/h4-12,31H,1-3H3,(H,30,32). The van der Waals surface area contributed by atoms with E-state index in [9.17, 15) is 22.0 Å². The Labute approximate surface area is 210 Å². The van der Waals surface area contributed by atoms with Gasteiger partial charge in [-0.25, -0.2) is 22.2 Å². The molecule has 0 radical (unpaired) electrons. The van der Waals surface area contributed by atoms with Crippen LogP contribution in [0.5, 0.6) is 11.6 Å². The second kappa shape index (κ2) is 8.66. The maximum absolute atomic E-state index is 14.2. The summed E-state index contributed by atoms with van der Waals surface area (Å²) in [4.78, 5) is 20.1. The Morgan fingerprint density at radius 2 is 1.81 bits per heavy atom. The molecule has 1 amide bonds. The molecular weight excluding hydrogens is 506 g/mol. The number of halogens is 2. The van der Waals surface area contributed by atoms with Crippen LogP contribution < -0.4 is 19.5 Å².